The van der Waals surface area contributed by atoms with E-state index in [-0.39, 0.29) is 24.7 Å². The Labute approximate surface area is 164 Å². The second kappa shape index (κ2) is 7.87. The minimum atomic E-state index is -0.232. The molecule has 0 aliphatic rings. The van der Waals surface area contributed by atoms with Crippen LogP contribution >= 0.6 is 11.3 Å². The minimum Gasteiger partial charge on any atom is -0.342 e. The maximum Gasteiger partial charge on any atom is 0.226 e. The third-order valence-corrected chi connectivity index (χ3v) is 5.22. The molecular weight excluding hydrogens is 377 g/mol. The lowest BCUT2D eigenvalue weighted by molar-refractivity contribution is -0.116. The lowest BCUT2D eigenvalue weighted by Gasteiger charge is -2.05. The molecular formula is C20H18FN5OS. The van der Waals surface area contributed by atoms with Crippen LogP contribution in [0.1, 0.15) is 17.0 Å². The van der Waals surface area contributed by atoms with Crippen molar-refractivity contribution >= 4 is 34.1 Å². The van der Waals surface area contributed by atoms with Gasteiger partial charge in [-0.15, -0.1) is 11.3 Å². The van der Waals surface area contributed by atoms with Gasteiger partial charge in [-0.05, 0) is 35.9 Å². The van der Waals surface area contributed by atoms with Crippen LogP contribution in [-0.4, -0.2) is 27.4 Å². The molecule has 0 spiro atoms. The zero-order valence-corrected chi connectivity index (χ0v) is 15.7. The topological polar surface area (TPSA) is 96.7 Å². The average Bonchev–Trinajstić information content (AvgIpc) is 3.25. The number of carbonyl (C=O) groups excluding carboxylic acids is 1. The first-order chi connectivity index (χ1) is 13.6. The van der Waals surface area contributed by atoms with Gasteiger partial charge in [0.1, 0.15) is 17.3 Å². The summed E-state index contributed by atoms with van der Waals surface area (Å²) in [5.41, 5.74) is 9.00. The van der Waals surface area contributed by atoms with Crippen LogP contribution in [0.4, 0.5) is 10.2 Å². The van der Waals surface area contributed by atoms with E-state index >= 15 is 0 Å². The third kappa shape index (κ3) is 3.78. The molecule has 1 amide bonds. The monoisotopic (exact) mass is 395 g/mol. The van der Waals surface area contributed by atoms with Gasteiger partial charge in [-0.1, -0.05) is 0 Å². The Bertz CT molecular complexity index is 1120. The molecule has 8 heteroatoms. The highest BCUT2D eigenvalue weighted by atomic mass is 32.1. The molecule has 6 nitrogen and oxygen atoms in total. The summed E-state index contributed by atoms with van der Waals surface area (Å²) in [6.45, 7) is 0.282. The number of carbonyl (C=O) groups is 1. The molecule has 4 aromatic heterocycles. The van der Waals surface area contributed by atoms with E-state index < -0.39 is 0 Å². The number of anilines is 1. The van der Waals surface area contributed by atoms with Gasteiger partial charge in [0, 0.05) is 58.7 Å². The van der Waals surface area contributed by atoms with E-state index in [0.717, 1.165) is 27.1 Å². The van der Waals surface area contributed by atoms with Crippen LogP contribution in [0.15, 0.2) is 48.1 Å². The molecule has 0 aliphatic heterocycles. The Hall–Kier alpha value is -3.10. The fourth-order valence-electron chi connectivity index (χ4n) is 3.13. The molecule has 0 fully saturated rings. The number of nitrogens with two attached hydrogens (primary N) is 1. The SMILES string of the molecule is NCCC(=O)Nc1ccc2c(-c3ccncc3)c(Cc3cc(F)cs3)[nH]c2n1. The number of fused-ring (bicyclic) bond motifs is 1. The second-order valence-corrected chi connectivity index (χ2v) is 7.30. The molecule has 0 unspecified atom stereocenters. The standard InChI is InChI=1S/C20H18FN5OS/c21-13-9-14(28-11-13)10-16-19(12-4-7-23-8-5-12)15-1-2-17(26-20(15)24-16)25-18(27)3-6-22/h1-2,4-5,7-9,11H,3,6,10,22H2,(H2,24,25,26,27). The van der Waals surface area contributed by atoms with Crippen molar-refractivity contribution in [2.24, 2.45) is 5.73 Å². The van der Waals surface area contributed by atoms with Gasteiger partial charge in [0.25, 0.3) is 0 Å². The number of aromatic amines is 1. The largest absolute Gasteiger partial charge is 0.342 e. The first kappa shape index (κ1) is 18.3. The summed E-state index contributed by atoms with van der Waals surface area (Å²) in [6.07, 6.45) is 4.26. The molecule has 28 heavy (non-hydrogen) atoms. The lowest BCUT2D eigenvalue weighted by atomic mass is 10.0. The molecule has 0 aliphatic carbocycles. The van der Waals surface area contributed by atoms with Crippen molar-refractivity contribution in [2.45, 2.75) is 12.8 Å². The normalized spacial score (nSPS) is 11.1. The van der Waals surface area contributed by atoms with Gasteiger partial charge in [0.05, 0.1) is 0 Å². The van der Waals surface area contributed by atoms with Crippen LogP contribution in [-0.2, 0) is 11.2 Å². The first-order valence-corrected chi connectivity index (χ1v) is 9.67. The predicted molar refractivity (Wildman–Crippen MR) is 109 cm³/mol. The molecule has 4 N–H and O–H groups in total. The maximum absolute atomic E-state index is 13.4. The van der Waals surface area contributed by atoms with Gasteiger partial charge >= 0.3 is 0 Å². The highest BCUT2D eigenvalue weighted by Crippen LogP contribution is 2.34. The van der Waals surface area contributed by atoms with Crippen molar-refractivity contribution in [3.8, 4) is 11.1 Å². The Balaban J connectivity index is 1.78. The molecule has 0 radical (unpaired) electrons. The second-order valence-electron chi connectivity index (χ2n) is 6.30. The summed E-state index contributed by atoms with van der Waals surface area (Å²) in [5, 5.41) is 5.17. The van der Waals surface area contributed by atoms with E-state index in [1.165, 1.54) is 16.7 Å². The van der Waals surface area contributed by atoms with Crippen molar-refractivity contribution in [1.82, 2.24) is 15.0 Å². The van der Waals surface area contributed by atoms with Gasteiger partial charge in [-0.3, -0.25) is 9.78 Å². The predicted octanol–water partition coefficient (Wildman–Crippen LogP) is 3.70. The van der Waals surface area contributed by atoms with Crippen LogP contribution in [0.2, 0.25) is 0 Å². The molecule has 4 aromatic rings. The summed E-state index contributed by atoms with van der Waals surface area (Å²) in [5.74, 6) is 0.0522. The van der Waals surface area contributed by atoms with E-state index in [1.54, 1.807) is 24.5 Å². The Morgan fingerprint density at radius 3 is 2.79 bits per heavy atom. The summed E-state index contributed by atoms with van der Waals surface area (Å²) >= 11 is 1.38. The maximum atomic E-state index is 13.4. The number of nitrogens with zero attached hydrogens (tertiary/aromatic N) is 2. The zero-order valence-electron chi connectivity index (χ0n) is 14.9. The molecule has 0 saturated heterocycles. The van der Waals surface area contributed by atoms with E-state index in [4.69, 9.17) is 5.73 Å². The Morgan fingerprint density at radius 2 is 2.07 bits per heavy atom. The molecule has 0 atom stereocenters. The number of rotatable bonds is 6. The average molecular weight is 395 g/mol. The minimum absolute atomic E-state index is 0.176. The van der Waals surface area contributed by atoms with E-state index in [0.29, 0.717) is 17.9 Å². The van der Waals surface area contributed by atoms with Gasteiger partial charge in [0.2, 0.25) is 5.91 Å². The number of nitrogens with one attached hydrogen (secondary N) is 2. The van der Waals surface area contributed by atoms with Crippen molar-refractivity contribution in [2.75, 3.05) is 11.9 Å². The number of thiophene rings is 1. The summed E-state index contributed by atoms with van der Waals surface area (Å²) in [4.78, 5) is 24.7. The third-order valence-electron chi connectivity index (χ3n) is 4.32. The highest BCUT2D eigenvalue weighted by molar-refractivity contribution is 7.09. The molecule has 4 rings (SSSR count). The van der Waals surface area contributed by atoms with E-state index in [1.807, 2.05) is 18.2 Å². The van der Waals surface area contributed by atoms with E-state index in [9.17, 15) is 9.18 Å². The number of hydrogen-bond donors (Lipinski definition) is 3. The van der Waals surface area contributed by atoms with Crippen LogP contribution in [0, 0.1) is 5.82 Å². The Morgan fingerprint density at radius 1 is 1.25 bits per heavy atom. The number of amides is 1. The zero-order chi connectivity index (χ0) is 19.5. The molecule has 0 saturated carbocycles. The van der Waals surface area contributed by atoms with Gasteiger partial charge in [-0.25, -0.2) is 9.37 Å². The molecule has 4 heterocycles. The summed E-state index contributed by atoms with van der Waals surface area (Å²) in [7, 11) is 0. The molecule has 0 bridgehead atoms. The fourth-order valence-corrected chi connectivity index (χ4v) is 3.87. The first-order valence-electron chi connectivity index (χ1n) is 8.79. The number of aromatic nitrogens is 3. The highest BCUT2D eigenvalue weighted by Gasteiger charge is 2.16. The van der Waals surface area contributed by atoms with Gasteiger partial charge < -0.3 is 16.0 Å². The number of halogens is 1. The molecule has 142 valence electrons. The smallest absolute Gasteiger partial charge is 0.226 e. The van der Waals surface area contributed by atoms with E-state index in [2.05, 4.69) is 20.3 Å². The van der Waals surface area contributed by atoms with Crippen LogP contribution in [0.3, 0.4) is 0 Å². The fraction of sp³-hybridized carbons (Fsp3) is 0.150. The van der Waals surface area contributed by atoms with Gasteiger partial charge in [-0.2, -0.15) is 0 Å². The molecule has 0 aromatic carbocycles. The van der Waals surface area contributed by atoms with Crippen molar-refractivity contribution in [3.05, 3.63) is 64.5 Å². The van der Waals surface area contributed by atoms with Crippen LogP contribution in [0.25, 0.3) is 22.2 Å². The number of hydrogen-bond acceptors (Lipinski definition) is 5. The van der Waals surface area contributed by atoms with Crippen LogP contribution < -0.4 is 11.1 Å². The summed E-state index contributed by atoms with van der Waals surface area (Å²) in [6, 6.07) is 9.09. The van der Waals surface area contributed by atoms with Crippen LogP contribution in [0.5, 0.6) is 0 Å². The van der Waals surface area contributed by atoms with Crippen molar-refractivity contribution < 1.29 is 9.18 Å². The van der Waals surface area contributed by atoms with Crippen molar-refractivity contribution in [3.63, 3.8) is 0 Å². The number of pyridine rings is 2. The summed E-state index contributed by atoms with van der Waals surface area (Å²) < 4.78 is 13.4. The van der Waals surface area contributed by atoms with Gasteiger partial charge in [0.15, 0.2) is 0 Å². The number of H-pyrrole nitrogens is 1. The van der Waals surface area contributed by atoms with Crippen molar-refractivity contribution in [1.29, 1.82) is 0 Å². The lowest BCUT2D eigenvalue weighted by Crippen LogP contribution is -2.16. The Kier molecular flexibility index (Phi) is 5.14. The quantitative estimate of drug-likeness (QED) is 0.464.